The van der Waals surface area contributed by atoms with Gasteiger partial charge in [0.2, 0.25) is 0 Å². The molecule has 1 N–H and O–H groups in total. The monoisotopic (exact) mass is 338 g/mol. The molecule has 4 rings (SSSR count). The van der Waals surface area contributed by atoms with E-state index in [1.807, 2.05) is 12.1 Å². The summed E-state index contributed by atoms with van der Waals surface area (Å²) < 4.78 is 24.4. The number of hydrogen-bond acceptors (Lipinski definition) is 5. The number of benzene rings is 1. The van der Waals surface area contributed by atoms with E-state index in [2.05, 4.69) is 20.9 Å². The molecule has 0 radical (unpaired) electrons. The highest BCUT2D eigenvalue weighted by atomic mass is 19.1. The van der Waals surface area contributed by atoms with Crippen molar-refractivity contribution in [3.05, 3.63) is 47.7 Å². The summed E-state index contributed by atoms with van der Waals surface area (Å²) in [5.41, 5.74) is 1.47. The topological polar surface area (TPSA) is 78.1 Å². The van der Waals surface area contributed by atoms with E-state index in [0.717, 1.165) is 19.0 Å². The molecular weight excluding hydrogens is 323 g/mol. The second kappa shape index (κ2) is 6.42. The fourth-order valence-corrected chi connectivity index (χ4v) is 2.78. The molecule has 1 aliphatic heterocycles. The van der Waals surface area contributed by atoms with Crippen LogP contribution in [-0.4, -0.2) is 36.3 Å². The Morgan fingerprint density at radius 3 is 2.92 bits per heavy atom. The number of aromatic nitrogens is 2. The Morgan fingerprint density at radius 1 is 1.28 bits per heavy atom. The number of allylic oxidation sites excluding steroid dienone is 1. The van der Waals surface area contributed by atoms with E-state index < -0.39 is 0 Å². The van der Waals surface area contributed by atoms with Crippen LogP contribution in [0, 0.1) is 17.1 Å². The molecule has 2 aromatic heterocycles. The SMILES string of the molecule is N#C/C(=C/c1ccc(N2CCOCC2)o1)c1nc2ccc(F)cc2[nH]1. The summed E-state index contributed by atoms with van der Waals surface area (Å²) in [5, 5.41) is 9.46. The highest BCUT2D eigenvalue weighted by Gasteiger charge is 2.15. The van der Waals surface area contributed by atoms with Crippen molar-refractivity contribution >= 4 is 28.6 Å². The summed E-state index contributed by atoms with van der Waals surface area (Å²) in [6.45, 7) is 2.89. The minimum Gasteiger partial charge on any atom is -0.441 e. The maximum Gasteiger partial charge on any atom is 0.196 e. The lowest BCUT2D eigenvalue weighted by Gasteiger charge is -2.26. The maximum atomic E-state index is 13.3. The molecule has 25 heavy (non-hydrogen) atoms. The first-order chi connectivity index (χ1) is 12.2. The number of H-pyrrole nitrogens is 1. The average molecular weight is 338 g/mol. The fraction of sp³-hybridized carbons (Fsp3) is 0.222. The Balaban J connectivity index is 1.63. The van der Waals surface area contributed by atoms with Crippen LogP contribution in [0.3, 0.4) is 0 Å². The highest BCUT2D eigenvalue weighted by molar-refractivity contribution is 5.89. The van der Waals surface area contributed by atoms with Crippen LogP contribution in [0.4, 0.5) is 10.3 Å². The number of hydrogen-bond donors (Lipinski definition) is 1. The van der Waals surface area contributed by atoms with E-state index in [1.165, 1.54) is 12.1 Å². The number of anilines is 1. The van der Waals surface area contributed by atoms with Crippen LogP contribution in [0.5, 0.6) is 0 Å². The number of rotatable bonds is 3. The summed E-state index contributed by atoms with van der Waals surface area (Å²) in [6.07, 6.45) is 1.62. The highest BCUT2D eigenvalue weighted by Crippen LogP contribution is 2.24. The van der Waals surface area contributed by atoms with Gasteiger partial charge in [0.15, 0.2) is 5.88 Å². The smallest absolute Gasteiger partial charge is 0.196 e. The van der Waals surface area contributed by atoms with Gasteiger partial charge in [-0.05, 0) is 24.3 Å². The lowest BCUT2D eigenvalue weighted by atomic mass is 10.2. The van der Waals surface area contributed by atoms with Gasteiger partial charge in [0, 0.05) is 25.2 Å². The van der Waals surface area contributed by atoms with Crippen LogP contribution in [0.2, 0.25) is 0 Å². The quantitative estimate of drug-likeness (QED) is 0.742. The van der Waals surface area contributed by atoms with Gasteiger partial charge < -0.3 is 19.0 Å². The number of ether oxygens (including phenoxy) is 1. The molecule has 0 saturated carbocycles. The third-order valence-corrected chi connectivity index (χ3v) is 4.04. The molecule has 0 spiro atoms. The van der Waals surface area contributed by atoms with E-state index in [9.17, 15) is 9.65 Å². The van der Waals surface area contributed by atoms with E-state index in [0.29, 0.717) is 41.4 Å². The number of fused-ring (bicyclic) bond motifs is 1. The van der Waals surface area contributed by atoms with Gasteiger partial charge in [0.05, 0.1) is 29.8 Å². The molecule has 0 aliphatic carbocycles. The van der Waals surface area contributed by atoms with Gasteiger partial charge in [0.1, 0.15) is 23.5 Å². The summed E-state index contributed by atoms with van der Waals surface area (Å²) in [7, 11) is 0. The second-order valence-electron chi connectivity index (χ2n) is 5.69. The molecule has 3 heterocycles. The Kier molecular flexibility index (Phi) is 3.96. The van der Waals surface area contributed by atoms with Crippen molar-refractivity contribution < 1.29 is 13.5 Å². The first-order valence-electron chi connectivity index (χ1n) is 7.93. The van der Waals surface area contributed by atoms with Crippen molar-refractivity contribution in [3.63, 3.8) is 0 Å². The Hall–Kier alpha value is -3.11. The summed E-state index contributed by atoms with van der Waals surface area (Å²) in [5.74, 6) is 1.34. The molecule has 1 fully saturated rings. The Bertz CT molecular complexity index is 977. The molecule has 1 aromatic carbocycles. The number of nitrogens with zero attached hydrogens (tertiary/aromatic N) is 3. The van der Waals surface area contributed by atoms with E-state index in [1.54, 1.807) is 12.1 Å². The van der Waals surface area contributed by atoms with Crippen LogP contribution >= 0.6 is 0 Å². The third kappa shape index (κ3) is 3.12. The molecule has 0 amide bonds. The van der Waals surface area contributed by atoms with Crippen LogP contribution in [-0.2, 0) is 4.74 Å². The van der Waals surface area contributed by atoms with Gasteiger partial charge >= 0.3 is 0 Å². The van der Waals surface area contributed by atoms with E-state index in [4.69, 9.17) is 9.15 Å². The number of nitriles is 1. The summed E-state index contributed by atoms with van der Waals surface area (Å²) in [4.78, 5) is 9.40. The zero-order chi connectivity index (χ0) is 17.2. The number of morpholine rings is 1. The van der Waals surface area contributed by atoms with Gasteiger partial charge in [-0.3, -0.25) is 0 Å². The number of furan rings is 1. The van der Waals surface area contributed by atoms with Crippen molar-refractivity contribution in [3.8, 4) is 6.07 Å². The number of imidazole rings is 1. The molecular formula is C18H15FN4O2. The Labute approximate surface area is 143 Å². The predicted molar refractivity (Wildman–Crippen MR) is 91.3 cm³/mol. The van der Waals surface area contributed by atoms with Crippen LogP contribution in [0.25, 0.3) is 22.7 Å². The standard InChI is InChI=1S/C18H15FN4O2/c19-13-1-3-15-16(10-13)22-18(21-15)12(11-20)9-14-2-4-17(25-14)23-5-7-24-8-6-23/h1-4,9-10H,5-8H2,(H,21,22)/b12-9-. The van der Waals surface area contributed by atoms with Crippen LogP contribution in [0.1, 0.15) is 11.6 Å². The zero-order valence-electron chi connectivity index (χ0n) is 13.3. The largest absolute Gasteiger partial charge is 0.441 e. The lowest BCUT2D eigenvalue weighted by molar-refractivity contribution is 0.120. The van der Waals surface area contributed by atoms with Gasteiger partial charge in [0.25, 0.3) is 0 Å². The third-order valence-electron chi connectivity index (χ3n) is 4.04. The molecule has 3 aromatic rings. The zero-order valence-corrected chi connectivity index (χ0v) is 13.3. The number of aromatic amines is 1. The predicted octanol–water partition coefficient (Wildman–Crippen LogP) is 3.20. The molecule has 6 nitrogen and oxygen atoms in total. The minimum atomic E-state index is -0.355. The van der Waals surface area contributed by atoms with E-state index >= 15 is 0 Å². The van der Waals surface area contributed by atoms with Crippen molar-refractivity contribution in [2.24, 2.45) is 0 Å². The molecule has 0 atom stereocenters. The van der Waals surface area contributed by atoms with Gasteiger partial charge in [-0.15, -0.1) is 0 Å². The summed E-state index contributed by atoms with van der Waals surface area (Å²) in [6, 6.07) is 10.1. The average Bonchev–Trinajstić information content (AvgIpc) is 3.26. The van der Waals surface area contributed by atoms with Crippen molar-refractivity contribution in [1.82, 2.24) is 9.97 Å². The molecule has 126 valence electrons. The Morgan fingerprint density at radius 2 is 2.12 bits per heavy atom. The van der Waals surface area contributed by atoms with Crippen LogP contribution < -0.4 is 4.90 Å². The first kappa shape index (κ1) is 15.4. The second-order valence-corrected chi connectivity index (χ2v) is 5.69. The minimum absolute atomic E-state index is 0.319. The molecule has 7 heteroatoms. The van der Waals surface area contributed by atoms with Gasteiger partial charge in [-0.2, -0.15) is 5.26 Å². The maximum absolute atomic E-state index is 13.3. The van der Waals surface area contributed by atoms with Crippen molar-refractivity contribution in [2.45, 2.75) is 0 Å². The van der Waals surface area contributed by atoms with Crippen LogP contribution in [0.15, 0.2) is 34.7 Å². The first-order valence-corrected chi connectivity index (χ1v) is 7.93. The lowest BCUT2D eigenvalue weighted by Crippen LogP contribution is -2.35. The van der Waals surface area contributed by atoms with Crippen molar-refractivity contribution in [1.29, 1.82) is 5.26 Å². The summed E-state index contributed by atoms with van der Waals surface area (Å²) >= 11 is 0. The molecule has 0 bridgehead atoms. The number of halogens is 1. The fourth-order valence-electron chi connectivity index (χ4n) is 2.78. The van der Waals surface area contributed by atoms with E-state index in [-0.39, 0.29) is 5.82 Å². The normalized spacial score (nSPS) is 15.5. The van der Waals surface area contributed by atoms with Gasteiger partial charge in [-0.25, -0.2) is 9.37 Å². The van der Waals surface area contributed by atoms with Crippen molar-refractivity contribution in [2.75, 3.05) is 31.2 Å². The van der Waals surface area contributed by atoms with Gasteiger partial charge in [-0.1, -0.05) is 0 Å². The molecule has 1 aliphatic rings. The number of nitrogens with one attached hydrogen (secondary N) is 1. The molecule has 0 unspecified atom stereocenters. The molecule has 1 saturated heterocycles.